The molecule has 2 N–H and O–H groups in total. The van der Waals surface area contributed by atoms with Crippen molar-refractivity contribution in [3.63, 3.8) is 0 Å². The normalized spacial score (nSPS) is 18.4. The van der Waals surface area contributed by atoms with Crippen LogP contribution in [0.2, 0.25) is 0 Å². The quantitative estimate of drug-likeness (QED) is 0.522. The van der Waals surface area contributed by atoms with Crippen molar-refractivity contribution in [2.75, 3.05) is 11.9 Å². The maximum absolute atomic E-state index is 13.6. The van der Waals surface area contributed by atoms with Gasteiger partial charge in [-0.25, -0.2) is 9.18 Å². The van der Waals surface area contributed by atoms with E-state index in [9.17, 15) is 23.6 Å². The summed E-state index contributed by atoms with van der Waals surface area (Å²) in [5.41, 5.74) is -0.0403. The number of hydrogen-bond acceptors (Lipinski definition) is 5. The second-order valence-corrected chi connectivity index (χ2v) is 7.87. The van der Waals surface area contributed by atoms with Crippen molar-refractivity contribution >= 4 is 29.5 Å². The molecule has 0 unspecified atom stereocenters. The summed E-state index contributed by atoms with van der Waals surface area (Å²) in [6.07, 6.45) is 2.23. The first-order valence-electron chi connectivity index (χ1n) is 10.1. The zero-order valence-corrected chi connectivity index (χ0v) is 17.1. The van der Waals surface area contributed by atoms with Crippen LogP contribution in [-0.2, 0) is 19.1 Å². The van der Waals surface area contributed by atoms with Gasteiger partial charge in [0.2, 0.25) is 0 Å². The lowest BCUT2D eigenvalue weighted by Gasteiger charge is -2.20. The zero-order chi connectivity index (χ0) is 21.9. The van der Waals surface area contributed by atoms with E-state index in [1.54, 1.807) is 13.0 Å². The number of benzene rings is 1. The minimum Gasteiger partial charge on any atom is -0.453 e. The van der Waals surface area contributed by atoms with Crippen molar-refractivity contribution in [3.8, 4) is 0 Å². The van der Waals surface area contributed by atoms with Gasteiger partial charge in [-0.3, -0.25) is 19.3 Å². The van der Waals surface area contributed by atoms with Gasteiger partial charge >= 0.3 is 12.0 Å². The molecule has 1 aromatic rings. The Balaban J connectivity index is 1.43. The van der Waals surface area contributed by atoms with Crippen molar-refractivity contribution in [2.24, 2.45) is 0 Å². The first kappa shape index (κ1) is 21.7. The summed E-state index contributed by atoms with van der Waals surface area (Å²) in [6, 6.07) is 3.86. The van der Waals surface area contributed by atoms with E-state index in [0.29, 0.717) is 18.4 Å². The van der Waals surface area contributed by atoms with Crippen LogP contribution < -0.4 is 10.6 Å². The highest BCUT2D eigenvalue weighted by Crippen LogP contribution is 2.35. The number of urea groups is 1. The Morgan fingerprint density at radius 3 is 2.67 bits per heavy atom. The molecule has 1 atom stereocenters. The van der Waals surface area contributed by atoms with Crippen LogP contribution in [0.5, 0.6) is 0 Å². The fraction of sp³-hybridized carbons (Fsp3) is 0.524. The third kappa shape index (κ3) is 4.60. The number of nitrogens with zero attached hydrogens (tertiary/aromatic N) is 1. The van der Waals surface area contributed by atoms with Gasteiger partial charge in [0, 0.05) is 18.7 Å². The number of anilines is 1. The number of hydrogen-bond donors (Lipinski definition) is 2. The number of ether oxygens (including phenoxy) is 1. The first-order chi connectivity index (χ1) is 14.2. The van der Waals surface area contributed by atoms with Crippen LogP contribution in [0.4, 0.5) is 14.9 Å². The summed E-state index contributed by atoms with van der Waals surface area (Å²) in [5, 5.41) is 5.28. The molecule has 0 aromatic heterocycles. The van der Waals surface area contributed by atoms with Gasteiger partial charge in [0.1, 0.15) is 11.4 Å². The van der Waals surface area contributed by atoms with E-state index in [-0.39, 0.29) is 31.0 Å². The number of imide groups is 1. The van der Waals surface area contributed by atoms with Crippen LogP contribution in [0.25, 0.3) is 0 Å². The summed E-state index contributed by atoms with van der Waals surface area (Å²) >= 11 is 0. The van der Waals surface area contributed by atoms with Crippen LogP contribution in [0.1, 0.15) is 51.0 Å². The standard InChI is InChI=1S/C21H26FN3O5/c1-13-7-8-15(12-16(13)22)23-18(27)14(2)30-17(26)6-5-11-25-19(28)21(24-20(25)29)9-3-4-10-21/h7-8,12,14H,3-6,9-11H2,1-2H3,(H,23,27)(H,24,29)/t14-/m0/s1. The van der Waals surface area contributed by atoms with Gasteiger partial charge in [0.05, 0.1) is 0 Å². The highest BCUT2D eigenvalue weighted by Gasteiger charge is 2.52. The number of esters is 1. The molecule has 1 saturated carbocycles. The van der Waals surface area contributed by atoms with Crippen molar-refractivity contribution in [1.29, 1.82) is 0 Å². The molecule has 1 spiro atoms. The fourth-order valence-electron chi connectivity index (χ4n) is 3.80. The largest absolute Gasteiger partial charge is 0.453 e. The predicted octanol–water partition coefficient (Wildman–Crippen LogP) is 2.65. The molecule has 1 aromatic carbocycles. The second kappa shape index (κ2) is 8.81. The molecule has 9 heteroatoms. The molecule has 30 heavy (non-hydrogen) atoms. The minimum atomic E-state index is -1.07. The molecule has 2 fully saturated rings. The minimum absolute atomic E-state index is 0.0408. The lowest BCUT2D eigenvalue weighted by atomic mass is 9.98. The lowest BCUT2D eigenvalue weighted by Crippen LogP contribution is -2.44. The monoisotopic (exact) mass is 419 g/mol. The molecule has 0 bridgehead atoms. The molecular formula is C21H26FN3O5. The van der Waals surface area contributed by atoms with E-state index >= 15 is 0 Å². The third-order valence-electron chi connectivity index (χ3n) is 5.58. The zero-order valence-electron chi connectivity index (χ0n) is 17.1. The number of rotatable bonds is 7. The van der Waals surface area contributed by atoms with Crippen LogP contribution in [0, 0.1) is 12.7 Å². The van der Waals surface area contributed by atoms with E-state index in [4.69, 9.17) is 4.74 Å². The summed E-state index contributed by atoms with van der Waals surface area (Å²) in [5.74, 6) is -1.87. The van der Waals surface area contributed by atoms with Gasteiger partial charge in [-0.05, 0) is 50.8 Å². The van der Waals surface area contributed by atoms with Crippen molar-refractivity contribution < 1.29 is 28.3 Å². The molecule has 3 rings (SSSR count). The van der Waals surface area contributed by atoms with Gasteiger partial charge in [0.25, 0.3) is 11.8 Å². The summed E-state index contributed by atoms with van der Waals surface area (Å²) < 4.78 is 18.7. The highest BCUT2D eigenvalue weighted by molar-refractivity contribution is 6.07. The van der Waals surface area contributed by atoms with Crippen molar-refractivity contribution in [1.82, 2.24) is 10.2 Å². The smallest absolute Gasteiger partial charge is 0.325 e. The summed E-state index contributed by atoms with van der Waals surface area (Å²) in [4.78, 5) is 50.0. The third-order valence-corrected chi connectivity index (χ3v) is 5.58. The number of aryl methyl sites for hydroxylation is 1. The molecule has 1 heterocycles. The average Bonchev–Trinajstić information content (AvgIpc) is 3.25. The summed E-state index contributed by atoms with van der Waals surface area (Å²) in [6.45, 7) is 3.14. The fourth-order valence-corrected chi connectivity index (χ4v) is 3.80. The number of carbonyl (C=O) groups is 4. The maximum Gasteiger partial charge on any atom is 0.325 e. The van der Waals surface area contributed by atoms with Gasteiger partial charge in [0.15, 0.2) is 6.10 Å². The number of carbonyl (C=O) groups excluding carboxylic acids is 4. The molecule has 4 amide bonds. The SMILES string of the molecule is Cc1ccc(NC(=O)[C@H](C)OC(=O)CCCN2C(=O)NC3(CCCC3)C2=O)cc1F. The Morgan fingerprint density at radius 2 is 2.00 bits per heavy atom. The predicted molar refractivity (Wildman–Crippen MR) is 106 cm³/mol. The molecule has 162 valence electrons. The second-order valence-electron chi connectivity index (χ2n) is 7.87. The Hall–Kier alpha value is -2.97. The first-order valence-corrected chi connectivity index (χ1v) is 10.1. The van der Waals surface area contributed by atoms with E-state index in [1.807, 2.05) is 0 Å². The highest BCUT2D eigenvalue weighted by atomic mass is 19.1. The maximum atomic E-state index is 13.6. The lowest BCUT2D eigenvalue weighted by molar-refractivity contribution is -0.153. The van der Waals surface area contributed by atoms with E-state index in [1.165, 1.54) is 19.1 Å². The topological polar surface area (TPSA) is 105 Å². The van der Waals surface area contributed by atoms with Crippen LogP contribution in [0.15, 0.2) is 18.2 Å². The van der Waals surface area contributed by atoms with Gasteiger partial charge in [-0.1, -0.05) is 18.9 Å². The average molecular weight is 419 g/mol. The van der Waals surface area contributed by atoms with Crippen LogP contribution in [0.3, 0.4) is 0 Å². The Kier molecular flexibility index (Phi) is 6.38. The Labute approximate surface area is 174 Å². The van der Waals surface area contributed by atoms with E-state index in [0.717, 1.165) is 17.7 Å². The molecule has 1 aliphatic carbocycles. The summed E-state index contributed by atoms with van der Waals surface area (Å²) in [7, 11) is 0. The molecule has 8 nitrogen and oxygen atoms in total. The van der Waals surface area contributed by atoms with Crippen molar-refractivity contribution in [2.45, 2.75) is 64.0 Å². The van der Waals surface area contributed by atoms with Gasteiger partial charge in [-0.15, -0.1) is 0 Å². The molecule has 2 aliphatic rings. The van der Waals surface area contributed by atoms with Crippen LogP contribution in [-0.4, -0.2) is 46.9 Å². The van der Waals surface area contributed by atoms with Gasteiger partial charge in [-0.2, -0.15) is 0 Å². The molecule has 0 radical (unpaired) electrons. The van der Waals surface area contributed by atoms with Crippen molar-refractivity contribution in [3.05, 3.63) is 29.6 Å². The molecule has 1 aliphatic heterocycles. The van der Waals surface area contributed by atoms with Crippen LogP contribution >= 0.6 is 0 Å². The van der Waals surface area contributed by atoms with Gasteiger partial charge < -0.3 is 15.4 Å². The number of amides is 4. The molecule has 1 saturated heterocycles. The number of nitrogens with one attached hydrogen (secondary N) is 2. The van der Waals surface area contributed by atoms with E-state index in [2.05, 4.69) is 10.6 Å². The Bertz CT molecular complexity index is 866. The number of halogens is 1. The van der Waals surface area contributed by atoms with E-state index < -0.39 is 35.4 Å². The molecular weight excluding hydrogens is 393 g/mol. The Morgan fingerprint density at radius 1 is 1.30 bits per heavy atom.